The molecule has 0 aromatic carbocycles. The van der Waals surface area contributed by atoms with Crippen LogP contribution in [0.5, 0.6) is 0 Å². The van der Waals surface area contributed by atoms with E-state index in [1.807, 2.05) is 6.20 Å². The van der Waals surface area contributed by atoms with E-state index in [0.717, 1.165) is 18.4 Å². The molecule has 1 aromatic rings. The second-order valence-corrected chi connectivity index (χ2v) is 4.95. The van der Waals surface area contributed by atoms with Crippen LogP contribution in [0, 0.1) is 11.8 Å². The molecular weight excluding hydrogens is 184 g/mol. The molecule has 1 aromatic heterocycles. The van der Waals surface area contributed by atoms with Crippen LogP contribution < -0.4 is 5.32 Å². The highest BCUT2D eigenvalue weighted by molar-refractivity contribution is 5.02. The summed E-state index contributed by atoms with van der Waals surface area (Å²) in [6.45, 7) is 4.55. The average molecular weight is 206 g/mol. The van der Waals surface area contributed by atoms with Crippen molar-refractivity contribution in [3.63, 3.8) is 0 Å². The monoisotopic (exact) mass is 206 g/mol. The van der Waals surface area contributed by atoms with Crippen molar-refractivity contribution in [2.24, 2.45) is 11.8 Å². The number of H-pyrrole nitrogens is 1. The summed E-state index contributed by atoms with van der Waals surface area (Å²) in [6.07, 6.45) is 7.67. The van der Waals surface area contributed by atoms with E-state index in [2.05, 4.69) is 29.4 Å². The van der Waals surface area contributed by atoms with E-state index >= 15 is 0 Å². The van der Waals surface area contributed by atoms with Crippen molar-refractivity contribution >= 4 is 0 Å². The zero-order chi connectivity index (χ0) is 10.5. The summed E-state index contributed by atoms with van der Waals surface area (Å²) in [4.78, 5) is 3.22. The molecule has 2 N–H and O–H groups in total. The zero-order valence-electron chi connectivity index (χ0n) is 9.63. The van der Waals surface area contributed by atoms with Crippen molar-refractivity contribution < 1.29 is 0 Å². The summed E-state index contributed by atoms with van der Waals surface area (Å²) >= 11 is 0. The quantitative estimate of drug-likeness (QED) is 0.779. The topological polar surface area (TPSA) is 27.8 Å². The Balaban J connectivity index is 1.62. The van der Waals surface area contributed by atoms with Crippen molar-refractivity contribution in [1.82, 2.24) is 10.3 Å². The summed E-state index contributed by atoms with van der Waals surface area (Å²) in [6, 6.07) is 4.19. The van der Waals surface area contributed by atoms with Crippen LogP contribution in [-0.4, -0.2) is 11.5 Å². The summed E-state index contributed by atoms with van der Waals surface area (Å²) in [5.74, 6) is 1.88. The molecule has 2 rings (SSSR count). The van der Waals surface area contributed by atoms with Crippen LogP contribution in [-0.2, 0) is 6.54 Å². The van der Waals surface area contributed by atoms with Gasteiger partial charge in [0.15, 0.2) is 0 Å². The second kappa shape index (κ2) is 5.36. The van der Waals surface area contributed by atoms with E-state index < -0.39 is 0 Å². The predicted octanol–water partition coefficient (Wildman–Crippen LogP) is 2.93. The van der Waals surface area contributed by atoms with Crippen molar-refractivity contribution in [3.05, 3.63) is 24.0 Å². The summed E-state index contributed by atoms with van der Waals surface area (Å²) in [5, 5.41) is 3.54. The molecule has 1 aliphatic carbocycles. The van der Waals surface area contributed by atoms with Crippen LogP contribution in [0.3, 0.4) is 0 Å². The molecule has 2 heteroatoms. The minimum Gasteiger partial charge on any atom is -0.364 e. The van der Waals surface area contributed by atoms with Crippen LogP contribution in [0.4, 0.5) is 0 Å². The van der Waals surface area contributed by atoms with Gasteiger partial charge >= 0.3 is 0 Å². The number of nitrogens with one attached hydrogen (secondary N) is 2. The van der Waals surface area contributed by atoms with Gasteiger partial charge in [-0.2, -0.15) is 0 Å². The molecule has 0 amide bonds. The van der Waals surface area contributed by atoms with Crippen molar-refractivity contribution in [1.29, 1.82) is 0 Å². The van der Waals surface area contributed by atoms with Gasteiger partial charge in [0.1, 0.15) is 0 Å². The Kier molecular flexibility index (Phi) is 3.84. The zero-order valence-corrected chi connectivity index (χ0v) is 9.63. The summed E-state index contributed by atoms with van der Waals surface area (Å²) < 4.78 is 0. The van der Waals surface area contributed by atoms with Crippen LogP contribution in [0.15, 0.2) is 18.3 Å². The third-order valence-electron chi connectivity index (χ3n) is 3.55. The number of aromatic nitrogens is 1. The fourth-order valence-electron chi connectivity index (χ4n) is 2.42. The van der Waals surface area contributed by atoms with Crippen molar-refractivity contribution in [3.8, 4) is 0 Å². The lowest BCUT2D eigenvalue weighted by atomic mass is 9.83. The van der Waals surface area contributed by atoms with E-state index in [1.54, 1.807) is 0 Å². The minimum absolute atomic E-state index is 0.913. The number of hydrogen-bond donors (Lipinski definition) is 2. The summed E-state index contributed by atoms with van der Waals surface area (Å²) in [5.41, 5.74) is 1.29. The SMILES string of the molecule is CC1CCC(CNCc2ccc[nH]2)CC1. The smallest absolute Gasteiger partial charge is 0.0357 e. The van der Waals surface area contributed by atoms with E-state index in [0.29, 0.717) is 0 Å². The van der Waals surface area contributed by atoms with Gasteiger partial charge in [0.2, 0.25) is 0 Å². The molecule has 1 aliphatic rings. The molecule has 84 valence electrons. The first-order chi connectivity index (χ1) is 7.34. The Bertz CT molecular complexity index is 258. The normalized spacial score (nSPS) is 26.7. The lowest BCUT2D eigenvalue weighted by Crippen LogP contribution is -2.25. The van der Waals surface area contributed by atoms with E-state index in [9.17, 15) is 0 Å². The fraction of sp³-hybridized carbons (Fsp3) is 0.692. The molecular formula is C13H22N2. The molecule has 1 heterocycles. The van der Waals surface area contributed by atoms with Crippen molar-refractivity contribution in [2.45, 2.75) is 39.2 Å². The minimum atomic E-state index is 0.913. The maximum absolute atomic E-state index is 3.54. The molecule has 0 aliphatic heterocycles. The van der Waals surface area contributed by atoms with Gasteiger partial charge in [-0.05, 0) is 43.4 Å². The molecule has 0 saturated heterocycles. The molecule has 0 radical (unpaired) electrons. The highest BCUT2D eigenvalue weighted by Crippen LogP contribution is 2.27. The van der Waals surface area contributed by atoms with Gasteiger partial charge in [0.25, 0.3) is 0 Å². The first-order valence-corrected chi connectivity index (χ1v) is 6.17. The van der Waals surface area contributed by atoms with Gasteiger partial charge in [0.05, 0.1) is 0 Å². The molecule has 1 saturated carbocycles. The van der Waals surface area contributed by atoms with Gasteiger partial charge in [-0.1, -0.05) is 19.8 Å². The highest BCUT2D eigenvalue weighted by Gasteiger charge is 2.17. The number of aromatic amines is 1. The van der Waals surface area contributed by atoms with Gasteiger partial charge in [-0.3, -0.25) is 0 Å². The maximum Gasteiger partial charge on any atom is 0.0357 e. The van der Waals surface area contributed by atoms with Crippen LogP contribution in [0.25, 0.3) is 0 Å². The molecule has 0 atom stereocenters. The van der Waals surface area contributed by atoms with Gasteiger partial charge in [-0.15, -0.1) is 0 Å². The first kappa shape index (κ1) is 10.7. The van der Waals surface area contributed by atoms with Crippen molar-refractivity contribution in [2.75, 3.05) is 6.54 Å². The largest absolute Gasteiger partial charge is 0.364 e. The third kappa shape index (κ3) is 3.38. The van der Waals surface area contributed by atoms with E-state index in [1.165, 1.54) is 37.9 Å². The Hall–Kier alpha value is -0.760. The molecule has 0 bridgehead atoms. The fourth-order valence-corrected chi connectivity index (χ4v) is 2.42. The molecule has 0 spiro atoms. The Morgan fingerprint density at radius 2 is 2.13 bits per heavy atom. The third-order valence-corrected chi connectivity index (χ3v) is 3.55. The lowest BCUT2D eigenvalue weighted by Gasteiger charge is -2.26. The maximum atomic E-state index is 3.54. The predicted molar refractivity (Wildman–Crippen MR) is 63.6 cm³/mol. The molecule has 15 heavy (non-hydrogen) atoms. The first-order valence-electron chi connectivity index (χ1n) is 6.17. The lowest BCUT2D eigenvalue weighted by molar-refractivity contribution is 0.281. The van der Waals surface area contributed by atoms with Crippen LogP contribution in [0.2, 0.25) is 0 Å². The Labute approximate surface area is 92.5 Å². The molecule has 0 unspecified atom stereocenters. The molecule has 2 nitrogen and oxygen atoms in total. The average Bonchev–Trinajstić information content (AvgIpc) is 2.74. The number of hydrogen-bond acceptors (Lipinski definition) is 1. The van der Waals surface area contributed by atoms with Crippen LogP contribution in [0.1, 0.15) is 38.3 Å². The Morgan fingerprint density at radius 1 is 1.33 bits per heavy atom. The van der Waals surface area contributed by atoms with Gasteiger partial charge in [-0.25, -0.2) is 0 Å². The van der Waals surface area contributed by atoms with E-state index in [-0.39, 0.29) is 0 Å². The Morgan fingerprint density at radius 3 is 2.80 bits per heavy atom. The number of rotatable bonds is 4. The molecule has 1 fully saturated rings. The van der Waals surface area contributed by atoms with Gasteiger partial charge in [0, 0.05) is 18.4 Å². The van der Waals surface area contributed by atoms with E-state index in [4.69, 9.17) is 0 Å². The van der Waals surface area contributed by atoms with Gasteiger partial charge < -0.3 is 10.3 Å². The second-order valence-electron chi connectivity index (χ2n) is 4.95. The van der Waals surface area contributed by atoms with Crippen LogP contribution >= 0.6 is 0 Å². The summed E-state index contributed by atoms with van der Waals surface area (Å²) in [7, 11) is 0. The highest BCUT2D eigenvalue weighted by atomic mass is 14.9. The standard InChI is InChI=1S/C13H22N2/c1-11-4-6-12(7-5-11)9-14-10-13-3-2-8-15-13/h2-3,8,11-12,14-15H,4-7,9-10H2,1H3.